The van der Waals surface area contributed by atoms with Crippen molar-refractivity contribution in [1.82, 2.24) is 0 Å². The third-order valence-corrected chi connectivity index (χ3v) is 8.05. The van der Waals surface area contributed by atoms with Gasteiger partial charge in [-0.25, -0.2) is 12.8 Å². The number of carbonyl (C=O) groups is 2. The van der Waals surface area contributed by atoms with Gasteiger partial charge in [0.25, 0.3) is 0 Å². The van der Waals surface area contributed by atoms with Crippen molar-refractivity contribution in [2.24, 2.45) is 0 Å². The molecular formula is C30H36FNO9S. The number of benzene rings is 2. The molecular weight excluding hydrogens is 569 g/mol. The first-order valence-electron chi connectivity index (χ1n) is 13.9. The van der Waals surface area contributed by atoms with Crippen LogP contribution < -0.4 is 4.31 Å². The van der Waals surface area contributed by atoms with E-state index in [-0.39, 0.29) is 70.7 Å². The Labute approximate surface area is 244 Å². The van der Waals surface area contributed by atoms with E-state index in [0.717, 1.165) is 24.7 Å². The number of rotatable bonds is 18. The number of nitrogens with zero attached hydrogens (tertiary/aromatic N) is 1. The summed E-state index contributed by atoms with van der Waals surface area (Å²) < 4.78 is 63.2. The monoisotopic (exact) mass is 605 g/mol. The van der Waals surface area contributed by atoms with Gasteiger partial charge in [-0.1, -0.05) is 6.92 Å². The van der Waals surface area contributed by atoms with Crippen LogP contribution in [0.1, 0.15) is 54.4 Å². The summed E-state index contributed by atoms with van der Waals surface area (Å²) in [6.07, 6.45) is 3.13. The van der Waals surface area contributed by atoms with Gasteiger partial charge in [0, 0.05) is 23.4 Å². The second kappa shape index (κ2) is 14.2. The summed E-state index contributed by atoms with van der Waals surface area (Å²) in [7, 11) is -3.70. The van der Waals surface area contributed by atoms with Gasteiger partial charge >= 0.3 is 5.97 Å². The molecule has 1 fully saturated rings. The Morgan fingerprint density at radius 3 is 2.19 bits per heavy atom. The molecule has 1 saturated carbocycles. The smallest absolute Gasteiger partial charge is 0.305 e. The Morgan fingerprint density at radius 2 is 1.62 bits per heavy atom. The number of carboxylic acids is 1. The average Bonchev–Trinajstić information content (AvgIpc) is 3.72. The number of ether oxygens (including phenoxy) is 3. The van der Waals surface area contributed by atoms with Gasteiger partial charge < -0.3 is 23.7 Å². The van der Waals surface area contributed by atoms with Crippen LogP contribution in [0.15, 0.2) is 40.8 Å². The van der Waals surface area contributed by atoms with Gasteiger partial charge in [-0.3, -0.25) is 13.9 Å². The quantitative estimate of drug-likeness (QED) is 0.157. The largest absolute Gasteiger partial charge is 0.481 e. The van der Waals surface area contributed by atoms with E-state index >= 15 is 0 Å². The number of anilines is 1. The minimum absolute atomic E-state index is 0.0641. The minimum Gasteiger partial charge on any atom is -0.481 e. The number of Topliss-reactive ketones (excluding diaryl/α,β-unsaturated/α-hetero) is 1. The molecule has 1 aromatic heterocycles. The molecule has 42 heavy (non-hydrogen) atoms. The fourth-order valence-corrected chi connectivity index (χ4v) is 5.58. The Morgan fingerprint density at radius 1 is 1.00 bits per heavy atom. The Bertz CT molecular complexity index is 1500. The van der Waals surface area contributed by atoms with E-state index in [2.05, 4.69) is 0 Å². The minimum atomic E-state index is -3.70. The van der Waals surface area contributed by atoms with Crippen molar-refractivity contribution in [3.63, 3.8) is 0 Å². The summed E-state index contributed by atoms with van der Waals surface area (Å²) in [5, 5.41) is 9.20. The van der Waals surface area contributed by atoms with Crippen LogP contribution in [0.2, 0.25) is 0 Å². The van der Waals surface area contributed by atoms with Gasteiger partial charge in [-0.15, -0.1) is 0 Å². The third kappa shape index (κ3) is 8.15. The molecule has 0 aliphatic heterocycles. The van der Waals surface area contributed by atoms with E-state index in [4.69, 9.17) is 23.7 Å². The first-order chi connectivity index (χ1) is 20.1. The molecule has 2 aromatic carbocycles. The molecule has 0 saturated heterocycles. The number of carbonyl (C=O) groups excluding carboxylic acids is 1. The van der Waals surface area contributed by atoms with Crippen LogP contribution in [-0.4, -0.2) is 77.7 Å². The lowest BCUT2D eigenvalue weighted by atomic mass is 9.97. The predicted octanol–water partition coefficient (Wildman–Crippen LogP) is 5.00. The van der Waals surface area contributed by atoms with Crippen molar-refractivity contribution in [3.8, 4) is 11.3 Å². The molecule has 0 spiro atoms. The fraction of sp³-hybridized carbons (Fsp3) is 0.467. The van der Waals surface area contributed by atoms with Crippen LogP contribution in [0.25, 0.3) is 22.3 Å². The summed E-state index contributed by atoms with van der Waals surface area (Å²) in [6, 6.07) is 9.26. The van der Waals surface area contributed by atoms with Crippen molar-refractivity contribution in [2.75, 3.05) is 56.7 Å². The van der Waals surface area contributed by atoms with Gasteiger partial charge in [0.1, 0.15) is 17.2 Å². The molecule has 1 aliphatic carbocycles. The molecule has 12 heteroatoms. The Kier molecular flexibility index (Phi) is 10.7. The molecule has 4 rings (SSSR count). The van der Waals surface area contributed by atoms with E-state index in [9.17, 15) is 22.4 Å². The normalized spacial score (nSPS) is 13.5. The molecule has 0 radical (unpaired) electrons. The molecule has 1 N–H and O–H groups in total. The van der Waals surface area contributed by atoms with Crippen LogP contribution in [0.5, 0.6) is 0 Å². The Hall–Kier alpha value is -3.32. The highest BCUT2D eigenvalue weighted by atomic mass is 32.2. The molecule has 3 aromatic rings. The van der Waals surface area contributed by atoms with E-state index < -0.39 is 21.8 Å². The fourth-order valence-electron chi connectivity index (χ4n) is 4.66. The topological polar surface area (TPSA) is 133 Å². The van der Waals surface area contributed by atoms with Crippen LogP contribution in [0, 0.1) is 5.82 Å². The standard InChI is InChI=1S/C30H36FNO9S/c1-3-26(33)29-24-18-23(20-4-5-20)25(19-27(24)41-30(29)21-6-8-22(31)9-7-21)32(42(2,36)37)11-13-39-15-17-40-16-14-38-12-10-28(34)35/h6-9,18-20H,3-5,10-17H2,1-2H3,(H,34,35). The van der Waals surface area contributed by atoms with E-state index in [1.165, 1.54) is 16.4 Å². The molecule has 0 bridgehead atoms. The lowest BCUT2D eigenvalue weighted by Gasteiger charge is -2.25. The van der Waals surface area contributed by atoms with Crippen LogP contribution >= 0.6 is 0 Å². The third-order valence-electron chi connectivity index (χ3n) is 6.87. The summed E-state index contributed by atoms with van der Waals surface area (Å²) in [5.74, 6) is -0.959. The van der Waals surface area contributed by atoms with Crippen molar-refractivity contribution >= 4 is 38.4 Å². The number of carboxylic acid groups (broad SMARTS) is 1. The summed E-state index contributed by atoms with van der Waals surface area (Å²) >= 11 is 0. The van der Waals surface area contributed by atoms with E-state index in [0.29, 0.717) is 33.5 Å². The number of furan rings is 1. The number of ketones is 1. The zero-order valence-electron chi connectivity index (χ0n) is 23.8. The van der Waals surface area contributed by atoms with Crippen LogP contribution in [0.3, 0.4) is 0 Å². The number of aliphatic carboxylic acids is 1. The Balaban J connectivity index is 1.51. The zero-order chi connectivity index (χ0) is 30.3. The van der Waals surface area contributed by atoms with E-state index in [1.54, 1.807) is 25.1 Å². The maximum Gasteiger partial charge on any atom is 0.305 e. The number of hydrogen-bond donors (Lipinski definition) is 1. The average molecular weight is 606 g/mol. The highest BCUT2D eigenvalue weighted by Crippen LogP contribution is 2.48. The first-order valence-corrected chi connectivity index (χ1v) is 15.8. The van der Waals surface area contributed by atoms with Crippen molar-refractivity contribution in [1.29, 1.82) is 0 Å². The van der Waals surface area contributed by atoms with E-state index in [1.807, 2.05) is 6.07 Å². The molecule has 0 atom stereocenters. The highest BCUT2D eigenvalue weighted by molar-refractivity contribution is 7.92. The molecule has 0 amide bonds. The maximum atomic E-state index is 13.6. The number of hydrogen-bond acceptors (Lipinski definition) is 8. The number of fused-ring (bicyclic) bond motifs is 1. The van der Waals surface area contributed by atoms with Crippen molar-refractivity contribution < 1.29 is 46.1 Å². The van der Waals surface area contributed by atoms with Gasteiger partial charge in [-0.2, -0.15) is 0 Å². The second-order valence-electron chi connectivity index (χ2n) is 10.1. The first kappa shape index (κ1) is 31.6. The summed E-state index contributed by atoms with van der Waals surface area (Å²) in [4.78, 5) is 23.5. The lowest BCUT2D eigenvalue weighted by molar-refractivity contribution is -0.138. The van der Waals surface area contributed by atoms with Crippen molar-refractivity contribution in [2.45, 2.75) is 38.5 Å². The van der Waals surface area contributed by atoms with Crippen LogP contribution in [-0.2, 0) is 29.0 Å². The second-order valence-corrected chi connectivity index (χ2v) is 12.0. The number of sulfonamides is 1. The zero-order valence-corrected chi connectivity index (χ0v) is 24.6. The van der Waals surface area contributed by atoms with Gasteiger partial charge in [0.15, 0.2) is 5.78 Å². The molecule has 10 nitrogen and oxygen atoms in total. The van der Waals surface area contributed by atoms with Gasteiger partial charge in [0.05, 0.1) is 70.1 Å². The maximum absolute atomic E-state index is 13.6. The lowest BCUT2D eigenvalue weighted by Crippen LogP contribution is -2.34. The predicted molar refractivity (Wildman–Crippen MR) is 155 cm³/mol. The van der Waals surface area contributed by atoms with Crippen LogP contribution in [0.4, 0.5) is 10.1 Å². The molecule has 1 aliphatic rings. The summed E-state index contributed by atoms with van der Waals surface area (Å²) in [5.41, 5.74) is 2.66. The van der Waals surface area contributed by atoms with Gasteiger partial charge in [0.2, 0.25) is 10.0 Å². The summed E-state index contributed by atoms with van der Waals surface area (Å²) in [6.45, 7) is 3.13. The molecule has 1 heterocycles. The highest BCUT2D eigenvalue weighted by Gasteiger charge is 2.33. The molecule has 228 valence electrons. The molecule has 0 unspecified atom stereocenters. The van der Waals surface area contributed by atoms with Crippen molar-refractivity contribution in [3.05, 3.63) is 53.3 Å². The SMILES string of the molecule is CCC(=O)c1c(-c2ccc(F)cc2)oc2cc(N(CCOCCOCCOCCC(=O)O)S(C)(=O)=O)c(C3CC3)cc12. The number of halogens is 1. The van der Waals surface area contributed by atoms with Gasteiger partial charge in [-0.05, 0) is 54.7 Å².